The van der Waals surface area contributed by atoms with Gasteiger partial charge in [-0.3, -0.25) is 4.98 Å². The van der Waals surface area contributed by atoms with E-state index in [9.17, 15) is 22.0 Å². The summed E-state index contributed by atoms with van der Waals surface area (Å²) < 4.78 is 60.6. The van der Waals surface area contributed by atoms with Gasteiger partial charge in [0.2, 0.25) is 0 Å². The van der Waals surface area contributed by atoms with Crippen LogP contribution in [0.15, 0.2) is 30.5 Å². The lowest BCUT2D eigenvalue weighted by molar-refractivity contribution is -0.192. The van der Waals surface area contributed by atoms with E-state index in [4.69, 9.17) is 15.6 Å². The van der Waals surface area contributed by atoms with E-state index in [0.717, 1.165) is 53.7 Å². The van der Waals surface area contributed by atoms with Crippen molar-refractivity contribution in [2.24, 2.45) is 5.73 Å². The molecule has 0 radical (unpaired) electrons. The second kappa shape index (κ2) is 10.4. The molecule has 0 bridgehead atoms. The van der Waals surface area contributed by atoms with Crippen LogP contribution in [0.4, 0.5) is 27.6 Å². The summed E-state index contributed by atoms with van der Waals surface area (Å²) in [6.07, 6.45) is -0.503. The van der Waals surface area contributed by atoms with Crippen LogP contribution >= 0.6 is 0 Å². The number of rotatable bonds is 4. The lowest BCUT2D eigenvalue weighted by Crippen LogP contribution is -2.28. The minimum atomic E-state index is -5.08. The van der Waals surface area contributed by atoms with E-state index in [2.05, 4.69) is 21.5 Å². The highest BCUT2D eigenvalue weighted by Crippen LogP contribution is 2.24. The Morgan fingerprint density at radius 1 is 1.26 bits per heavy atom. The molecule has 7 nitrogen and oxygen atoms in total. The number of carbonyl (C=O) groups is 1. The fourth-order valence-electron chi connectivity index (χ4n) is 3.75. The maximum atomic E-state index is 14.2. The Morgan fingerprint density at radius 3 is 2.57 bits per heavy atom. The molecule has 0 spiro atoms. The van der Waals surface area contributed by atoms with Gasteiger partial charge in [0, 0.05) is 35.6 Å². The van der Waals surface area contributed by atoms with Crippen molar-refractivity contribution >= 4 is 11.7 Å². The maximum Gasteiger partial charge on any atom is 0.490 e. The Balaban J connectivity index is 0.000000429. The Kier molecular flexibility index (Phi) is 7.73. The Morgan fingerprint density at radius 2 is 1.94 bits per heavy atom. The van der Waals surface area contributed by atoms with Gasteiger partial charge in [-0.25, -0.2) is 18.3 Å². The zero-order valence-electron chi connectivity index (χ0n) is 19.0. The summed E-state index contributed by atoms with van der Waals surface area (Å²) in [7, 11) is 0. The number of halogens is 5. The van der Waals surface area contributed by atoms with E-state index in [-0.39, 0.29) is 11.7 Å². The number of alkyl halides is 3. The van der Waals surface area contributed by atoms with Crippen LogP contribution in [0.5, 0.6) is 0 Å². The first-order chi connectivity index (χ1) is 16.4. The predicted molar refractivity (Wildman–Crippen MR) is 118 cm³/mol. The lowest BCUT2D eigenvalue weighted by atomic mass is 9.92. The molecule has 1 aliphatic rings. The molecule has 1 atom stereocenters. The van der Waals surface area contributed by atoms with Crippen LogP contribution in [0.1, 0.15) is 34.6 Å². The summed E-state index contributed by atoms with van der Waals surface area (Å²) in [5.74, 6) is -4.00. The van der Waals surface area contributed by atoms with Crippen LogP contribution in [-0.4, -0.2) is 38.1 Å². The van der Waals surface area contributed by atoms with Gasteiger partial charge in [-0.1, -0.05) is 0 Å². The molecule has 188 valence electrons. The number of nitrogens with two attached hydrogens (primary N) is 1. The van der Waals surface area contributed by atoms with Crippen molar-refractivity contribution in [2.45, 2.75) is 51.9 Å². The molecule has 35 heavy (non-hydrogen) atoms. The van der Waals surface area contributed by atoms with Crippen LogP contribution < -0.4 is 11.1 Å². The molecule has 1 aromatic carbocycles. The highest BCUT2D eigenvalue weighted by molar-refractivity contribution is 5.73. The van der Waals surface area contributed by atoms with E-state index < -0.39 is 23.8 Å². The highest BCUT2D eigenvalue weighted by atomic mass is 19.4. The summed E-state index contributed by atoms with van der Waals surface area (Å²) in [5, 5.41) is 15.0. The van der Waals surface area contributed by atoms with Crippen molar-refractivity contribution in [3.63, 3.8) is 0 Å². The summed E-state index contributed by atoms with van der Waals surface area (Å²) >= 11 is 0. The van der Waals surface area contributed by atoms with Gasteiger partial charge in [0.15, 0.2) is 5.82 Å². The molecule has 0 aliphatic heterocycles. The Bertz CT molecular complexity index is 1230. The Hall–Kier alpha value is -3.54. The quantitative estimate of drug-likeness (QED) is 0.466. The molecule has 2 heterocycles. The van der Waals surface area contributed by atoms with Crippen molar-refractivity contribution in [3.8, 4) is 5.69 Å². The van der Waals surface area contributed by atoms with E-state index in [0.29, 0.717) is 6.54 Å². The molecule has 4 rings (SSSR count). The minimum absolute atomic E-state index is 0.192. The van der Waals surface area contributed by atoms with Crippen LogP contribution in [-0.2, 0) is 24.2 Å². The van der Waals surface area contributed by atoms with E-state index in [1.165, 1.54) is 22.4 Å². The fourth-order valence-corrected chi connectivity index (χ4v) is 3.75. The topological polar surface area (TPSA) is 106 Å². The van der Waals surface area contributed by atoms with Crippen LogP contribution in [0.25, 0.3) is 5.69 Å². The predicted octanol–water partition coefficient (Wildman–Crippen LogP) is 4.22. The second-order valence-corrected chi connectivity index (χ2v) is 8.15. The van der Waals surface area contributed by atoms with Gasteiger partial charge in [0.05, 0.1) is 17.6 Å². The maximum absolute atomic E-state index is 14.2. The molecule has 4 N–H and O–H groups in total. The average Bonchev–Trinajstić information content (AvgIpc) is 3.05. The molecule has 2 aromatic heterocycles. The zero-order chi connectivity index (χ0) is 25.9. The van der Waals surface area contributed by atoms with Crippen LogP contribution in [0.3, 0.4) is 0 Å². The number of nitrogens with one attached hydrogen (secondary N) is 1. The second-order valence-electron chi connectivity index (χ2n) is 8.15. The van der Waals surface area contributed by atoms with Gasteiger partial charge in [-0.15, -0.1) is 0 Å². The summed E-state index contributed by atoms with van der Waals surface area (Å²) in [4.78, 5) is 13.5. The number of carboxylic acid groups (broad SMARTS) is 1. The Labute approximate surface area is 197 Å². The minimum Gasteiger partial charge on any atom is -0.475 e. The number of aliphatic carboxylic acids is 1. The van der Waals surface area contributed by atoms with E-state index in [1.54, 1.807) is 0 Å². The molecule has 0 fully saturated rings. The normalized spacial score (nSPS) is 15.1. The third kappa shape index (κ3) is 6.32. The lowest BCUT2D eigenvalue weighted by Gasteiger charge is -2.21. The van der Waals surface area contributed by atoms with Gasteiger partial charge in [0.25, 0.3) is 0 Å². The van der Waals surface area contributed by atoms with Crippen LogP contribution in [0.2, 0.25) is 0 Å². The number of aryl methyl sites for hydroxylation is 2. The average molecular weight is 497 g/mol. The van der Waals surface area contributed by atoms with Gasteiger partial charge < -0.3 is 16.2 Å². The van der Waals surface area contributed by atoms with Gasteiger partial charge in [-0.05, 0) is 56.9 Å². The molecular formula is C23H24F5N5O2. The number of nitrogens with zero attached hydrogens (tertiary/aromatic N) is 3. The number of hydrogen-bond acceptors (Lipinski definition) is 5. The summed E-state index contributed by atoms with van der Waals surface area (Å²) in [5.41, 5.74) is 12.1. The molecule has 0 saturated heterocycles. The molecule has 0 saturated carbocycles. The third-order valence-corrected chi connectivity index (χ3v) is 5.58. The van der Waals surface area contributed by atoms with Crippen molar-refractivity contribution in [1.82, 2.24) is 14.8 Å². The number of hydrogen-bond donors (Lipinski definition) is 3. The number of carboxylic acids is 1. The largest absolute Gasteiger partial charge is 0.490 e. The molecule has 12 heteroatoms. The number of fused-ring (bicyclic) bond motifs is 1. The first-order valence-corrected chi connectivity index (χ1v) is 10.6. The molecular weight excluding hydrogens is 473 g/mol. The number of aromatic nitrogens is 3. The SMILES string of the molecule is Cc1nn(-c2ccc(F)cc2F)c(C)c1CNc1cnc2c(c1)CC(N)CC2.O=C(O)C(F)(F)F. The molecule has 1 unspecified atom stereocenters. The number of benzene rings is 1. The number of anilines is 1. The molecule has 1 aliphatic carbocycles. The molecule has 0 amide bonds. The monoisotopic (exact) mass is 497 g/mol. The van der Waals surface area contributed by atoms with Gasteiger partial charge >= 0.3 is 12.1 Å². The van der Waals surface area contributed by atoms with Crippen molar-refractivity contribution in [1.29, 1.82) is 0 Å². The first-order valence-electron chi connectivity index (χ1n) is 10.6. The van der Waals surface area contributed by atoms with Gasteiger partial charge in [-0.2, -0.15) is 18.3 Å². The van der Waals surface area contributed by atoms with Crippen molar-refractivity contribution in [2.75, 3.05) is 5.32 Å². The van der Waals surface area contributed by atoms with Crippen LogP contribution in [0, 0.1) is 25.5 Å². The summed E-state index contributed by atoms with van der Waals surface area (Å²) in [6, 6.07) is 5.80. The first kappa shape index (κ1) is 26.1. The van der Waals surface area contributed by atoms with Crippen molar-refractivity contribution in [3.05, 3.63) is 70.3 Å². The third-order valence-electron chi connectivity index (χ3n) is 5.58. The zero-order valence-corrected chi connectivity index (χ0v) is 19.0. The number of pyridine rings is 1. The standard InChI is InChI=1S/C21H23F2N5.C2HF3O2/c1-12-18(13(2)28(27-12)21-6-3-15(22)9-19(21)23)11-25-17-8-14-7-16(24)4-5-20(14)26-10-17;3-2(4,5)1(6)7/h3,6,8-10,16,25H,4-5,7,11,24H2,1-2H3;(H,6,7). The van der Waals surface area contributed by atoms with Crippen molar-refractivity contribution < 1.29 is 31.9 Å². The molecule has 3 aromatic rings. The van der Waals surface area contributed by atoms with Gasteiger partial charge in [0.1, 0.15) is 11.5 Å². The summed E-state index contributed by atoms with van der Waals surface area (Å²) in [6.45, 7) is 4.29. The van der Waals surface area contributed by atoms with E-state index in [1.807, 2.05) is 20.0 Å². The fraction of sp³-hybridized carbons (Fsp3) is 0.348. The smallest absolute Gasteiger partial charge is 0.475 e. The highest BCUT2D eigenvalue weighted by Gasteiger charge is 2.38. The van der Waals surface area contributed by atoms with E-state index >= 15 is 0 Å².